The van der Waals surface area contributed by atoms with Crippen molar-refractivity contribution in [3.05, 3.63) is 23.8 Å². The first-order valence-electron chi connectivity index (χ1n) is 20.5. The van der Waals surface area contributed by atoms with Crippen LogP contribution in [0.5, 0.6) is 0 Å². The van der Waals surface area contributed by atoms with E-state index in [0.717, 1.165) is 51.4 Å². The Morgan fingerprint density at radius 1 is 0.722 bits per heavy atom. The standard InChI is InChI=1S/C42H70O12/c1-21(2)10-9-11-22(3)23-12-16-42(8)30(23)24(45)18-28-40(6)15-14-29(39(4,5)27(40)13-17-41(28,42)7)53-38-36(34(49)32(47)26(20-44)52-38)54-37-35(50)33(48)31(46)25(19-43)51-37/h10,23-38,43-50H,3,9,11-20H2,1-2,4-8H3/t23-,24-,25-,26-,27+,28-,29+,30+,31-,32-,33+,34+,35-,36-,37+,38+,40+,41-,42-/m0/s1. The third kappa shape index (κ3) is 6.89. The summed E-state index contributed by atoms with van der Waals surface area (Å²) in [5, 5.41) is 85.4. The van der Waals surface area contributed by atoms with Crippen LogP contribution in [-0.2, 0) is 18.9 Å². The summed E-state index contributed by atoms with van der Waals surface area (Å²) in [7, 11) is 0. The van der Waals surface area contributed by atoms with Crippen molar-refractivity contribution in [3.8, 4) is 0 Å². The van der Waals surface area contributed by atoms with Gasteiger partial charge in [-0.15, -0.1) is 0 Å². The van der Waals surface area contributed by atoms with Crippen LogP contribution in [0.3, 0.4) is 0 Å². The Morgan fingerprint density at radius 2 is 1.33 bits per heavy atom. The second-order valence-electron chi connectivity index (χ2n) is 19.4. The summed E-state index contributed by atoms with van der Waals surface area (Å²) < 4.78 is 24.4. The molecule has 0 aromatic rings. The molecule has 0 bridgehead atoms. The second kappa shape index (κ2) is 15.6. The second-order valence-corrected chi connectivity index (χ2v) is 19.4. The smallest absolute Gasteiger partial charge is 0.187 e. The highest BCUT2D eigenvalue weighted by Crippen LogP contribution is 2.75. The number of hydrogen-bond acceptors (Lipinski definition) is 12. The SMILES string of the molecule is C=C(CCC=C(C)C)[C@@H]1CC[C@@]2(C)[C@H]1[C@@H](O)C[C@H]1[C@]3(C)CC[C@@H](O[C@H]4O[C@@H](CO)[C@H](O)[C@@H](O)[C@@H]4O[C@H]4O[C@@H](CO)[C@H](O)[C@@H](O)[C@@H]4O)C(C)(C)[C@H]3CC[C@@]12C. The van der Waals surface area contributed by atoms with E-state index in [-0.39, 0.29) is 34.2 Å². The highest BCUT2D eigenvalue weighted by Gasteiger charge is 2.70. The van der Waals surface area contributed by atoms with Gasteiger partial charge in [0.2, 0.25) is 0 Å². The van der Waals surface area contributed by atoms with Crippen LogP contribution in [0.2, 0.25) is 0 Å². The van der Waals surface area contributed by atoms with Gasteiger partial charge in [0.25, 0.3) is 0 Å². The summed E-state index contributed by atoms with van der Waals surface area (Å²) in [5.74, 6) is 1.03. The van der Waals surface area contributed by atoms with Gasteiger partial charge in [0.1, 0.15) is 48.8 Å². The van der Waals surface area contributed by atoms with Gasteiger partial charge < -0.3 is 59.8 Å². The quantitative estimate of drug-likeness (QED) is 0.120. The van der Waals surface area contributed by atoms with E-state index in [4.69, 9.17) is 18.9 Å². The van der Waals surface area contributed by atoms with Gasteiger partial charge >= 0.3 is 0 Å². The van der Waals surface area contributed by atoms with Crippen molar-refractivity contribution in [1.29, 1.82) is 0 Å². The van der Waals surface area contributed by atoms with Crippen molar-refractivity contribution in [3.63, 3.8) is 0 Å². The Balaban J connectivity index is 1.22. The molecule has 0 spiro atoms. The lowest BCUT2D eigenvalue weighted by Crippen LogP contribution is -2.67. The van der Waals surface area contributed by atoms with Crippen LogP contribution in [0, 0.1) is 45.3 Å². The lowest BCUT2D eigenvalue weighted by Gasteiger charge is -2.70. The minimum absolute atomic E-state index is 0.0217. The fourth-order valence-corrected chi connectivity index (χ4v) is 13.0. The zero-order chi connectivity index (χ0) is 39.7. The molecule has 6 fully saturated rings. The number of aliphatic hydroxyl groups is 8. The van der Waals surface area contributed by atoms with Crippen molar-refractivity contribution in [1.82, 2.24) is 0 Å². The first kappa shape index (κ1) is 42.6. The molecule has 6 aliphatic rings. The van der Waals surface area contributed by atoms with Crippen LogP contribution in [0.15, 0.2) is 23.8 Å². The van der Waals surface area contributed by atoms with Gasteiger partial charge in [-0.3, -0.25) is 0 Å². The van der Waals surface area contributed by atoms with Crippen molar-refractivity contribution >= 4 is 0 Å². The average molecular weight is 767 g/mol. The Morgan fingerprint density at radius 3 is 1.96 bits per heavy atom. The van der Waals surface area contributed by atoms with E-state index in [0.29, 0.717) is 18.3 Å². The van der Waals surface area contributed by atoms with E-state index >= 15 is 0 Å². The number of allylic oxidation sites excluding steroid dienone is 3. The number of hydrogen-bond donors (Lipinski definition) is 8. The molecule has 0 amide bonds. The molecule has 0 aromatic heterocycles. The Hall–Kier alpha value is -1.00. The summed E-state index contributed by atoms with van der Waals surface area (Å²) in [6.45, 7) is 19.4. The number of aliphatic hydroxyl groups excluding tert-OH is 8. The Bertz CT molecular complexity index is 1370. The molecule has 0 radical (unpaired) electrons. The Labute approximate surface area is 321 Å². The predicted octanol–water partition coefficient (Wildman–Crippen LogP) is 2.95. The van der Waals surface area contributed by atoms with E-state index in [9.17, 15) is 40.9 Å². The number of ether oxygens (including phenoxy) is 4. The number of rotatable bonds is 10. The molecule has 2 saturated heterocycles. The fraction of sp³-hybridized carbons (Fsp3) is 0.905. The third-order valence-electron chi connectivity index (χ3n) is 16.1. The minimum atomic E-state index is -1.74. The van der Waals surface area contributed by atoms with E-state index in [1.54, 1.807) is 0 Å². The molecule has 8 N–H and O–H groups in total. The van der Waals surface area contributed by atoms with E-state index in [2.05, 4.69) is 61.1 Å². The van der Waals surface area contributed by atoms with Gasteiger partial charge in [-0.25, -0.2) is 0 Å². The van der Waals surface area contributed by atoms with E-state index < -0.39 is 86.1 Å². The predicted molar refractivity (Wildman–Crippen MR) is 199 cm³/mol. The summed E-state index contributed by atoms with van der Waals surface area (Å²) >= 11 is 0. The monoisotopic (exact) mass is 766 g/mol. The highest BCUT2D eigenvalue weighted by atomic mass is 16.8. The van der Waals surface area contributed by atoms with Crippen molar-refractivity contribution in [2.45, 2.75) is 180 Å². The molecule has 12 nitrogen and oxygen atoms in total. The highest BCUT2D eigenvalue weighted by molar-refractivity contribution is 5.22. The fourth-order valence-electron chi connectivity index (χ4n) is 13.0. The van der Waals surface area contributed by atoms with Gasteiger partial charge in [0.05, 0.1) is 25.4 Å². The molecular formula is C42H70O12. The summed E-state index contributed by atoms with van der Waals surface area (Å²) in [4.78, 5) is 0. The van der Waals surface area contributed by atoms with Crippen molar-refractivity contribution in [2.75, 3.05) is 13.2 Å². The van der Waals surface area contributed by atoms with Crippen LogP contribution in [0.25, 0.3) is 0 Å². The molecule has 54 heavy (non-hydrogen) atoms. The zero-order valence-corrected chi connectivity index (χ0v) is 33.5. The lowest BCUT2D eigenvalue weighted by atomic mass is 9.35. The van der Waals surface area contributed by atoms with E-state index in [1.165, 1.54) is 11.1 Å². The summed E-state index contributed by atoms with van der Waals surface area (Å²) in [5.41, 5.74) is 2.12. The molecule has 2 aliphatic heterocycles. The average Bonchev–Trinajstić information content (AvgIpc) is 3.49. The lowest BCUT2D eigenvalue weighted by molar-refractivity contribution is -0.378. The van der Waals surface area contributed by atoms with E-state index in [1.807, 2.05) is 0 Å². The van der Waals surface area contributed by atoms with Gasteiger partial charge in [-0.05, 0) is 117 Å². The molecule has 4 aliphatic carbocycles. The molecule has 4 saturated carbocycles. The van der Waals surface area contributed by atoms with Gasteiger partial charge in [0.15, 0.2) is 12.6 Å². The van der Waals surface area contributed by atoms with Crippen LogP contribution < -0.4 is 0 Å². The topological polar surface area (TPSA) is 199 Å². The van der Waals surface area contributed by atoms with Gasteiger partial charge in [-0.2, -0.15) is 0 Å². The van der Waals surface area contributed by atoms with Crippen molar-refractivity contribution in [2.24, 2.45) is 45.3 Å². The normalized spacial score (nSPS) is 51.5. The molecule has 0 aromatic carbocycles. The zero-order valence-electron chi connectivity index (χ0n) is 33.5. The maximum absolute atomic E-state index is 12.1. The molecule has 2 heterocycles. The van der Waals surface area contributed by atoms with Crippen LogP contribution in [0.4, 0.5) is 0 Å². The van der Waals surface area contributed by atoms with Gasteiger partial charge in [0, 0.05) is 0 Å². The van der Waals surface area contributed by atoms with Crippen LogP contribution in [-0.4, -0.2) is 128 Å². The molecule has 6 rings (SSSR count). The van der Waals surface area contributed by atoms with Crippen LogP contribution in [0.1, 0.15) is 106 Å². The first-order valence-corrected chi connectivity index (χ1v) is 20.5. The molecule has 310 valence electrons. The molecule has 19 atom stereocenters. The summed E-state index contributed by atoms with van der Waals surface area (Å²) in [6, 6.07) is 0. The molecular weight excluding hydrogens is 696 g/mol. The van der Waals surface area contributed by atoms with Crippen LogP contribution >= 0.6 is 0 Å². The summed E-state index contributed by atoms with van der Waals surface area (Å²) in [6.07, 6.45) is -5.12. The third-order valence-corrected chi connectivity index (χ3v) is 16.1. The van der Waals surface area contributed by atoms with Crippen molar-refractivity contribution < 1.29 is 59.8 Å². The largest absolute Gasteiger partial charge is 0.394 e. The molecule has 12 heteroatoms. The molecule has 0 unspecified atom stereocenters. The Kier molecular flexibility index (Phi) is 12.3. The minimum Gasteiger partial charge on any atom is -0.394 e. The number of fused-ring (bicyclic) bond motifs is 5. The first-order chi connectivity index (χ1) is 25.3. The maximum Gasteiger partial charge on any atom is 0.187 e. The maximum atomic E-state index is 12.1. The van der Waals surface area contributed by atoms with Gasteiger partial charge in [-0.1, -0.05) is 58.4 Å².